The number of aryl methyl sites for hydroxylation is 1. The first-order valence-corrected chi connectivity index (χ1v) is 9.90. The molecule has 0 amide bonds. The predicted molar refractivity (Wildman–Crippen MR) is 114 cm³/mol. The molecule has 0 saturated heterocycles. The van der Waals surface area contributed by atoms with Gasteiger partial charge >= 0.3 is 5.97 Å². The molecule has 0 N–H and O–H groups in total. The van der Waals surface area contributed by atoms with E-state index in [1.165, 1.54) is 0 Å². The Bertz CT molecular complexity index is 1190. The van der Waals surface area contributed by atoms with Gasteiger partial charge in [-0.15, -0.1) is 0 Å². The van der Waals surface area contributed by atoms with E-state index in [0.29, 0.717) is 22.0 Å². The SMILES string of the molecule is CCOC(=O)c1c(-c2ccccn2)nn2c(CC)ccc2c1-c1cccc(Cl)c1. The van der Waals surface area contributed by atoms with Crippen molar-refractivity contribution in [2.45, 2.75) is 20.3 Å². The van der Waals surface area contributed by atoms with Crippen LogP contribution in [0.2, 0.25) is 5.02 Å². The molecular formula is C23H20ClN3O2. The number of ether oxygens (including phenoxy) is 1. The fourth-order valence-corrected chi connectivity index (χ4v) is 3.65. The molecule has 0 radical (unpaired) electrons. The van der Waals surface area contributed by atoms with E-state index in [1.54, 1.807) is 13.1 Å². The van der Waals surface area contributed by atoms with Crippen molar-refractivity contribution in [3.63, 3.8) is 0 Å². The summed E-state index contributed by atoms with van der Waals surface area (Å²) in [5, 5.41) is 5.40. The van der Waals surface area contributed by atoms with Gasteiger partial charge in [-0.3, -0.25) is 4.98 Å². The lowest BCUT2D eigenvalue weighted by molar-refractivity contribution is 0.0527. The Morgan fingerprint density at radius 2 is 1.97 bits per heavy atom. The van der Waals surface area contributed by atoms with E-state index >= 15 is 0 Å². The number of fused-ring (bicyclic) bond motifs is 1. The van der Waals surface area contributed by atoms with Crippen LogP contribution in [-0.4, -0.2) is 27.2 Å². The van der Waals surface area contributed by atoms with Gasteiger partial charge in [0.2, 0.25) is 0 Å². The molecule has 0 aliphatic rings. The zero-order valence-electron chi connectivity index (χ0n) is 16.2. The highest BCUT2D eigenvalue weighted by molar-refractivity contribution is 6.31. The van der Waals surface area contributed by atoms with Crippen LogP contribution >= 0.6 is 11.6 Å². The number of nitrogens with zero attached hydrogens (tertiary/aromatic N) is 3. The Balaban J connectivity index is 2.16. The molecule has 4 rings (SSSR count). The summed E-state index contributed by atoms with van der Waals surface area (Å²) in [7, 11) is 0. The van der Waals surface area contributed by atoms with E-state index in [4.69, 9.17) is 21.4 Å². The summed E-state index contributed by atoms with van der Waals surface area (Å²) in [5.41, 5.74) is 4.91. The van der Waals surface area contributed by atoms with Crippen molar-refractivity contribution < 1.29 is 9.53 Å². The van der Waals surface area contributed by atoms with Crippen LogP contribution in [0.15, 0.2) is 60.8 Å². The molecule has 6 heteroatoms. The van der Waals surface area contributed by atoms with Crippen molar-refractivity contribution in [3.8, 4) is 22.5 Å². The maximum absolute atomic E-state index is 13.1. The number of rotatable bonds is 5. The van der Waals surface area contributed by atoms with Gasteiger partial charge in [-0.05, 0) is 55.3 Å². The van der Waals surface area contributed by atoms with Gasteiger partial charge in [-0.2, -0.15) is 5.10 Å². The van der Waals surface area contributed by atoms with Crippen LogP contribution < -0.4 is 0 Å². The van der Waals surface area contributed by atoms with Crippen LogP contribution in [0.1, 0.15) is 29.9 Å². The standard InChI is InChI=1S/C23H20ClN3O2/c1-3-17-11-12-19-20(15-8-7-9-16(24)14-15)21(23(28)29-4-2)22(26-27(17)19)18-10-5-6-13-25-18/h5-14H,3-4H2,1-2H3. The first-order chi connectivity index (χ1) is 14.1. The molecule has 1 aromatic carbocycles. The summed E-state index contributed by atoms with van der Waals surface area (Å²) in [6.45, 7) is 4.12. The summed E-state index contributed by atoms with van der Waals surface area (Å²) in [5.74, 6) is -0.433. The molecule has 29 heavy (non-hydrogen) atoms. The summed E-state index contributed by atoms with van der Waals surface area (Å²) in [6.07, 6.45) is 2.49. The number of aromatic nitrogens is 3. The largest absolute Gasteiger partial charge is 0.462 e. The molecule has 0 fully saturated rings. The van der Waals surface area contributed by atoms with Crippen molar-refractivity contribution in [1.82, 2.24) is 14.6 Å². The number of hydrogen-bond donors (Lipinski definition) is 0. The Morgan fingerprint density at radius 1 is 1.10 bits per heavy atom. The lowest BCUT2D eigenvalue weighted by atomic mass is 9.97. The molecule has 0 saturated carbocycles. The average Bonchev–Trinajstić information content (AvgIpc) is 3.16. The minimum Gasteiger partial charge on any atom is -0.462 e. The molecule has 4 aromatic rings. The van der Waals surface area contributed by atoms with Gasteiger partial charge in [0.25, 0.3) is 0 Å². The molecule has 5 nitrogen and oxygen atoms in total. The molecule has 146 valence electrons. The van der Waals surface area contributed by atoms with Crippen molar-refractivity contribution in [2.24, 2.45) is 0 Å². The quantitative estimate of drug-likeness (QED) is 0.414. The van der Waals surface area contributed by atoms with Gasteiger partial charge in [-0.1, -0.05) is 36.7 Å². The predicted octanol–water partition coefficient (Wildman–Crippen LogP) is 5.46. The summed E-state index contributed by atoms with van der Waals surface area (Å²) >= 11 is 6.28. The van der Waals surface area contributed by atoms with Gasteiger partial charge < -0.3 is 4.74 Å². The topological polar surface area (TPSA) is 56.5 Å². The minimum atomic E-state index is -0.433. The van der Waals surface area contributed by atoms with E-state index in [2.05, 4.69) is 11.9 Å². The molecule has 0 bridgehead atoms. The van der Waals surface area contributed by atoms with Gasteiger partial charge in [0.15, 0.2) is 0 Å². The van der Waals surface area contributed by atoms with Crippen molar-refractivity contribution in [2.75, 3.05) is 6.61 Å². The van der Waals surface area contributed by atoms with E-state index in [1.807, 2.05) is 59.1 Å². The van der Waals surface area contributed by atoms with Gasteiger partial charge in [0.1, 0.15) is 5.69 Å². The monoisotopic (exact) mass is 405 g/mol. The number of esters is 1. The Hall–Kier alpha value is -3.18. The highest BCUT2D eigenvalue weighted by Crippen LogP contribution is 2.36. The number of halogens is 1. The molecular weight excluding hydrogens is 386 g/mol. The fourth-order valence-electron chi connectivity index (χ4n) is 3.46. The van der Waals surface area contributed by atoms with Crippen LogP contribution in [-0.2, 0) is 11.2 Å². The van der Waals surface area contributed by atoms with Gasteiger partial charge in [0, 0.05) is 22.5 Å². The third kappa shape index (κ3) is 3.49. The summed E-state index contributed by atoms with van der Waals surface area (Å²) in [4.78, 5) is 17.5. The van der Waals surface area contributed by atoms with Crippen LogP contribution in [0.25, 0.3) is 28.0 Å². The van der Waals surface area contributed by atoms with Gasteiger partial charge in [-0.25, -0.2) is 9.31 Å². The Labute approximate surface area is 173 Å². The lowest BCUT2D eigenvalue weighted by Crippen LogP contribution is -2.13. The second kappa shape index (κ2) is 8.05. The van der Waals surface area contributed by atoms with E-state index < -0.39 is 5.97 Å². The second-order valence-electron chi connectivity index (χ2n) is 6.52. The average molecular weight is 406 g/mol. The smallest absolute Gasteiger partial charge is 0.341 e. The van der Waals surface area contributed by atoms with Crippen LogP contribution in [0, 0.1) is 0 Å². The van der Waals surface area contributed by atoms with E-state index in [9.17, 15) is 4.79 Å². The first-order valence-electron chi connectivity index (χ1n) is 9.53. The summed E-state index contributed by atoms with van der Waals surface area (Å²) < 4.78 is 7.29. The van der Waals surface area contributed by atoms with Crippen LogP contribution in [0.5, 0.6) is 0 Å². The Kier molecular flexibility index (Phi) is 5.32. The zero-order chi connectivity index (χ0) is 20.4. The highest BCUT2D eigenvalue weighted by Gasteiger charge is 2.26. The number of carbonyl (C=O) groups excluding carboxylic acids is 1. The maximum atomic E-state index is 13.1. The molecule has 3 heterocycles. The minimum absolute atomic E-state index is 0.266. The first kappa shape index (κ1) is 19.2. The fraction of sp³-hybridized carbons (Fsp3) is 0.174. The zero-order valence-corrected chi connectivity index (χ0v) is 17.0. The molecule has 0 aliphatic carbocycles. The third-order valence-electron chi connectivity index (χ3n) is 4.74. The molecule has 3 aromatic heterocycles. The molecule has 0 unspecified atom stereocenters. The van der Waals surface area contributed by atoms with Crippen LogP contribution in [0.3, 0.4) is 0 Å². The molecule has 0 aliphatic heterocycles. The van der Waals surface area contributed by atoms with Crippen LogP contribution in [0.4, 0.5) is 0 Å². The van der Waals surface area contributed by atoms with Crippen molar-refractivity contribution >= 4 is 23.1 Å². The normalized spacial score (nSPS) is 11.0. The molecule has 0 atom stereocenters. The highest BCUT2D eigenvalue weighted by atomic mass is 35.5. The number of carbonyl (C=O) groups is 1. The van der Waals surface area contributed by atoms with E-state index in [0.717, 1.165) is 28.8 Å². The molecule has 0 spiro atoms. The number of pyridine rings is 1. The van der Waals surface area contributed by atoms with E-state index in [-0.39, 0.29) is 6.61 Å². The van der Waals surface area contributed by atoms with Crippen molar-refractivity contribution in [1.29, 1.82) is 0 Å². The Morgan fingerprint density at radius 3 is 2.66 bits per heavy atom. The maximum Gasteiger partial charge on any atom is 0.341 e. The number of hydrogen-bond acceptors (Lipinski definition) is 4. The van der Waals surface area contributed by atoms with Gasteiger partial charge in [0.05, 0.1) is 23.4 Å². The second-order valence-corrected chi connectivity index (χ2v) is 6.96. The summed E-state index contributed by atoms with van der Waals surface area (Å²) in [6, 6.07) is 17.0. The third-order valence-corrected chi connectivity index (χ3v) is 4.97. The van der Waals surface area contributed by atoms with Crippen molar-refractivity contribution in [3.05, 3.63) is 77.1 Å². The number of benzene rings is 1. The lowest BCUT2D eigenvalue weighted by Gasteiger charge is -2.16.